The Labute approximate surface area is 115 Å². The second-order valence-corrected chi connectivity index (χ2v) is 4.13. The van der Waals surface area contributed by atoms with Gasteiger partial charge in [-0.1, -0.05) is 0 Å². The van der Waals surface area contributed by atoms with E-state index in [9.17, 15) is 14.4 Å². The van der Waals surface area contributed by atoms with Crippen molar-refractivity contribution in [2.45, 2.75) is 12.8 Å². The second kappa shape index (κ2) is 5.60. The molecular weight excluding hydrogens is 264 g/mol. The van der Waals surface area contributed by atoms with Gasteiger partial charge in [-0.25, -0.2) is 0 Å². The summed E-state index contributed by atoms with van der Waals surface area (Å²) >= 11 is 0. The number of hydrazine groups is 1. The van der Waals surface area contributed by atoms with Crippen molar-refractivity contribution in [3.05, 3.63) is 23.8 Å². The van der Waals surface area contributed by atoms with Crippen LogP contribution < -0.4 is 14.9 Å². The van der Waals surface area contributed by atoms with E-state index < -0.39 is 17.7 Å². The third kappa shape index (κ3) is 2.56. The molecule has 3 amide bonds. The molecule has 0 bridgehead atoms. The van der Waals surface area contributed by atoms with E-state index in [1.54, 1.807) is 6.07 Å². The molecule has 0 atom stereocenters. The molecule has 7 nitrogen and oxygen atoms in total. The molecule has 0 saturated carbocycles. The zero-order valence-corrected chi connectivity index (χ0v) is 11.1. The molecule has 1 aliphatic heterocycles. The fourth-order valence-electron chi connectivity index (χ4n) is 1.84. The number of carbonyl (C=O) groups excluding carboxylic acids is 3. The summed E-state index contributed by atoms with van der Waals surface area (Å²) in [5, 5.41) is 0.749. The molecule has 1 saturated heterocycles. The minimum atomic E-state index is -0.561. The van der Waals surface area contributed by atoms with Crippen LogP contribution in [0.3, 0.4) is 0 Å². The van der Waals surface area contributed by atoms with Crippen molar-refractivity contribution in [3.63, 3.8) is 0 Å². The first-order valence-electron chi connectivity index (χ1n) is 5.95. The third-order valence-corrected chi connectivity index (χ3v) is 2.91. The molecule has 106 valence electrons. The monoisotopic (exact) mass is 278 g/mol. The molecule has 1 aliphatic rings. The van der Waals surface area contributed by atoms with Gasteiger partial charge in [-0.3, -0.25) is 19.8 Å². The molecule has 1 fully saturated rings. The first kappa shape index (κ1) is 13.9. The summed E-state index contributed by atoms with van der Waals surface area (Å²) in [5.74, 6) is -0.515. The predicted molar refractivity (Wildman–Crippen MR) is 68.1 cm³/mol. The normalized spacial score (nSPS) is 14.4. The van der Waals surface area contributed by atoms with Crippen LogP contribution in [0.5, 0.6) is 11.5 Å². The van der Waals surface area contributed by atoms with Gasteiger partial charge in [0, 0.05) is 18.4 Å². The number of nitrogens with zero attached hydrogens (tertiary/aromatic N) is 1. The van der Waals surface area contributed by atoms with Gasteiger partial charge >= 0.3 is 0 Å². The van der Waals surface area contributed by atoms with Crippen LogP contribution in [-0.2, 0) is 9.59 Å². The van der Waals surface area contributed by atoms with Crippen molar-refractivity contribution in [1.82, 2.24) is 10.4 Å². The Kier molecular flexibility index (Phi) is 3.88. The van der Waals surface area contributed by atoms with E-state index in [-0.39, 0.29) is 18.4 Å². The van der Waals surface area contributed by atoms with Gasteiger partial charge in [-0.15, -0.1) is 0 Å². The van der Waals surface area contributed by atoms with Crippen LogP contribution in [0.25, 0.3) is 0 Å². The van der Waals surface area contributed by atoms with Crippen molar-refractivity contribution in [3.8, 4) is 11.5 Å². The van der Waals surface area contributed by atoms with Gasteiger partial charge in [0.15, 0.2) is 11.5 Å². The average Bonchev–Trinajstić information content (AvgIpc) is 2.78. The molecule has 0 aromatic heterocycles. The van der Waals surface area contributed by atoms with Gasteiger partial charge in [-0.05, 0) is 18.2 Å². The van der Waals surface area contributed by atoms with Gasteiger partial charge < -0.3 is 9.47 Å². The number of nitrogens with one attached hydrogen (secondary N) is 1. The maximum absolute atomic E-state index is 12.0. The Morgan fingerprint density at radius 2 is 1.70 bits per heavy atom. The van der Waals surface area contributed by atoms with Crippen LogP contribution in [-0.4, -0.2) is 37.0 Å². The highest BCUT2D eigenvalue weighted by Crippen LogP contribution is 2.27. The Balaban J connectivity index is 2.17. The Bertz CT molecular complexity index is 554. The molecule has 0 radical (unpaired) electrons. The summed E-state index contributed by atoms with van der Waals surface area (Å²) in [5.41, 5.74) is 2.54. The van der Waals surface area contributed by atoms with E-state index in [0.29, 0.717) is 11.5 Å². The summed E-state index contributed by atoms with van der Waals surface area (Å²) in [6.45, 7) is 0. The molecule has 0 unspecified atom stereocenters. The highest BCUT2D eigenvalue weighted by molar-refractivity contribution is 6.05. The second-order valence-electron chi connectivity index (χ2n) is 4.13. The Morgan fingerprint density at radius 1 is 1.10 bits per heavy atom. The van der Waals surface area contributed by atoms with Crippen molar-refractivity contribution in [1.29, 1.82) is 0 Å². The first-order chi connectivity index (χ1) is 9.56. The van der Waals surface area contributed by atoms with E-state index in [0.717, 1.165) is 5.01 Å². The highest BCUT2D eigenvalue weighted by atomic mass is 16.5. The van der Waals surface area contributed by atoms with Crippen LogP contribution in [0.15, 0.2) is 18.2 Å². The summed E-state index contributed by atoms with van der Waals surface area (Å²) < 4.78 is 10.1. The number of rotatable bonds is 4. The molecule has 7 heteroatoms. The van der Waals surface area contributed by atoms with Crippen LogP contribution in [0, 0.1) is 0 Å². The lowest BCUT2D eigenvalue weighted by molar-refractivity contribution is -0.141. The van der Waals surface area contributed by atoms with Crippen LogP contribution in [0.1, 0.15) is 23.2 Å². The highest BCUT2D eigenvalue weighted by Gasteiger charge is 2.30. The molecule has 1 heterocycles. The average molecular weight is 278 g/mol. The number of hydrogen-bond donors (Lipinski definition) is 1. The SMILES string of the molecule is COc1ccc(C(=O)NN2C(=O)CCC2=O)cc1OC. The molecule has 1 aromatic rings. The molecule has 0 aliphatic carbocycles. The number of methoxy groups -OCH3 is 2. The van der Waals surface area contributed by atoms with Gasteiger partial charge in [0.2, 0.25) is 11.8 Å². The summed E-state index contributed by atoms with van der Waals surface area (Å²) in [6, 6.07) is 4.56. The molecule has 2 rings (SSSR count). The molecule has 20 heavy (non-hydrogen) atoms. The minimum absolute atomic E-state index is 0.116. The van der Waals surface area contributed by atoms with Gasteiger partial charge in [0.05, 0.1) is 14.2 Å². The smallest absolute Gasteiger partial charge is 0.270 e. The van der Waals surface area contributed by atoms with E-state index in [1.807, 2.05) is 0 Å². The zero-order chi connectivity index (χ0) is 14.7. The van der Waals surface area contributed by atoms with E-state index in [4.69, 9.17) is 9.47 Å². The molecule has 1 aromatic carbocycles. The maximum atomic E-state index is 12.0. The number of imide groups is 1. The van der Waals surface area contributed by atoms with Crippen molar-refractivity contribution < 1.29 is 23.9 Å². The molecule has 0 spiro atoms. The lowest BCUT2D eigenvalue weighted by atomic mass is 10.2. The molecule has 1 N–H and O–H groups in total. The first-order valence-corrected chi connectivity index (χ1v) is 5.95. The van der Waals surface area contributed by atoms with E-state index >= 15 is 0 Å². The van der Waals surface area contributed by atoms with E-state index in [1.165, 1.54) is 26.4 Å². The van der Waals surface area contributed by atoms with Crippen molar-refractivity contribution in [2.75, 3.05) is 14.2 Å². The molecular formula is C13H14N2O5. The Morgan fingerprint density at radius 3 is 2.25 bits per heavy atom. The predicted octanol–water partition coefficient (Wildman–Crippen LogP) is 0.498. The van der Waals surface area contributed by atoms with Gasteiger partial charge in [-0.2, -0.15) is 5.01 Å². The minimum Gasteiger partial charge on any atom is -0.493 e. The number of amides is 3. The summed E-state index contributed by atoms with van der Waals surface area (Å²) in [4.78, 5) is 34.8. The summed E-state index contributed by atoms with van der Waals surface area (Å²) in [6.07, 6.45) is 0.232. The lowest BCUT2D eigenvalue weighted by Crippen LogP contribution is -2.45. The standard InChI is InChI=1S/C13H14N2O5/c1-19-9-4-3-8(7-10(9)20-2)13(18)14-15-11(16)5-6-12(15)17/h3-4,7H,5-6H2,1-2H3,(H,14,18). The fraction of sp³-hybridized carbons (Fsp3) is 0.308. The van der Waals surface area contributed by atoms with E-state index in [2.05, 4.69) is 5.43 Å². The topological polar surface area (TPSA) is 84.9 Å². The number of benzene rings is 1. The summed E-state index contributed by atoms with van der Waals surface area (Å²) in [7, 11) is 2.94. The van der Waals surface area contributed by atoms with Gasteiger partial charge in [0.25, 0.3) is 5.91 Å². The van der Waals surface area contributed by atoms with Crippen LogP contribution in [0.2, 0.25) is 0 Å². The maximum Gasteiger partial charge on any atom is 0.270 e. The van der Waals surface area contributed by atoms with Crippen molar-refractivity contribution in [2.24, 2.45) is 0 Å². The number of hydrogen-bond acceptors (Lipinski definition) is 5. The third-order valence-electron chi connectivity index (χ3n) is 2.91. The fourth-order valence-corrected chi connectivity index (χ4v) is 1.84. The largest absolute Gasteiger partial charge is 0.493 e. The lowest BCUT2D eigenvalue weighted by Gasteiger charge is -2.15. The quantitative estimate of drug-likeness (QED) is 0.810. The number of carbonyl (C=O) groups is 3. The van der Waals surface area contributed by atoms with Crippen LogP contribution in [0.4, 0.5) is 0 Å². The number of ether oxygens (including phenoxy) is 2. The van der Waals surface area contributed by atoms with Gasteiger partial charge in [0.1, 0.15) is 0 Å². The van der Waals surface area contributed by atoms with Crippen LogP contribution >= 0.6 is 0 Å². The van der Waals surface area contributed by atoms with Crippen molar-refractivity contribution >= 4 is 17.7 Å². The zero-order valence-electron chi connectivity index (χ0n) is 11.1. The Hall–Kier alpha value is -2.57.